The van der Waals surface area contributed by atoms with Crippen molar-refractivity contribution in [2.24, 2.45) is 11.3 Å². The SMILES string of the molecule is CC1(C)CN(C(C)(C(=O)O[C@H]2C[N+]3(CCCOc4ccccc4)CCC2CC3)c2ccc(Cl)cc2)C1.[Br-]. The molecule has 2 atom stereocenters. The summed E-state index contributed by atoms with van der Waals surface area (Å²) in [5.74, 6) is 1.28. The van der Waals surface area contributed by atoms with Crippen LogP contribution in [0.5, 0.6) is 5.75 Å². The van der Waals surface area contributed by atoms with Crippen LogP contribution in [0.25, 0.3) is 0 Å². The number of benzene rings is 2. The Morgan fingerprint density at radius 3 is 2.35 bits per heavy atom. The number of rotatable bonds is 9. The van der Waals surface area contributed by atoms with Gasteiger partial charge in [-0.15, -0.1) is 0 Å². The monoisotopic (exact) mass is 590 g/mol. The van der Waals surface area contributed by atoms with Crippen molar-refractivity contribution in [3.8, 4) is 5.75 Å². The summed E-state index contributed by atoms with van der Waals surface area (Å²) in [6.07, 6.45) is 3.25. The van der Waals surface area contributed by atoms with Crippen molar-refractivity contribution in [2.75, 3.05) is 45.9 Å². The van der Waals surface area contributed by atoms with E-state index in [0.717, 1.165) is 67.8 Å². The van der Waals surface area contributed by atoms with Gasteiger partial charge in [-0.05, 0) is 42.2 Å². The Hall–Kier alpha value is -1.60. The molecule has 2 bridgehead atoms. The van der Waals surface area contributed by atoms with Crippen LogP contribution < -0.4 is 21.7 Å². The Morgan fingerprint density at radius 1 is 1.08 bits per heavy atom. The van der Waals surface area contributed by atoms with Gasteiger partial charge in [0.15, 0.2) is 6.10 Å². The maximum atomic E-state index is 13.9. The molecule has 4 aliphatic rings. The number of carbonyl (C=O) groups is 1. The zero-order valence-corrected chi connectivity index (χ0v) is 24.6. The van der Waals surface area contributed by atoms with Gasteiger partial charge in [-0.1, -0.05) is 55.8 Å². The third-order valence-corrected chi connectivity index (χ3v) is 9.01. The van der Waals surface area contributed by atoms with E-state index in [9.17, 15) is 4.79 Å². The number of hydrogen-bond acceptors (Lipinski definition) is 4. The Bertz CT molecular complexity index is 1050. The lowest BCUT2D eigenvalue weighted by Crippen LogP contribution is -3.00. The number of fused-ring (bicyclic) bond motifs is 3. The number of nitrogens with zero attached hydrogens (tertiary/aromatic N) is 2. The van der Waals surface area contributed by atoms with E-state index in [2.05, 4.69) is 18.7 Å². The molecule has 0 spiro atoms. The molecule has 202 valence electrons. The maximum Gasteiger partial charge on any atom is 0.331 e. The van der Waals surface area contributed by atoms with Crippen molar-refractivity contribution in [1.29, 1.82) is 0 Å². The van der Waals surface area contributed by atoms with E-state index in [1.807, 2.05) is 61.5 Å². The number of quaternary nitrogens is 1. The maximum absolute atomic E-state index is 13.9. The summed E-state index contributed by atoms with van der Waals surface area (Å²) in [5.41, 5.74) is 0.358. The Morgan fingerprint density at radius 2 is 1.73 bits per heavy atom. The Kier molecular flexibility index (Phi) is 8.64. The zero-order valence-electron chi connectivity index (χ0n) is 22.3. The van der Waals surface area contributed by atoms with E-state index >= 15 is 0 Å². The lowest BCUT2D eigenvalue weighted by atomic mass is 9.77. The van der Waals surface area contributed by atoms with E-state index in [0.29, 0.717) is 10.9 Å². The van der Waals surface area contributed by atoms with Crippen molar-refractivity contribution in [3.05, 3.63) is 65.2 Å². The van der Waals surface area contributed by atoms with Gasteiger partial charge in [-0.2, -0.15) is 0 Å². The molecule has 0 radical (unpaired) electrons. The summed E-state index contributed by atoms with van der Waals surface area (Å²) in [6.45, 7) is 13.3. The third-order valence-electron chi connectivity index (χ3n) is 8.76. The van der Waals surface area contributed by atoms with E-state index in [4.69, 9.17) is 21.1 Å². The van der Waals surface area contributed by atoms with Crippen LogP contribution in [0.4, 0.5) is 0 Å². The number of likely N-dealkylation sites (tertiary alicyclic amines) is 1. The number of carbonyl (C=O) groups excluding carboxylic acids is 1. The zero-order chi connectivity index (χ0) is 25.4. The van der Waals surface area contributed by atoms with E-state index in [1.54, 1.807) is 0 Å². The van der Waals surface area contributed by atoms with Gasteiger partial charge >= 0.3 is 5.97 Å². The molecule has 4 aliphatic heterocycles. The first-order valence-electron chi connectivity index (χ1n) is 13.4. The molecule has 4 saturated heterocycles. The van der Waals surface area contributed by atoms with Crippen LogP contribution in [0.3, 0.4) is 0 Å². The quantitative estimate of drug-likeness (QED) is 0.255. The Labute approximate surface area is 237 Å². The van der Waals surface area contributed by atoms with Gasteiger partial charge in [0, 0.05) is 43.3 Å². The largest absolute Gasteiger partial charge is 1.00 e. The van der Waals surface area contributed by atoms with Crippen LogP contribution in [0.1, 0.15) is 45.6 Å². The van der Waals surface area contributed by atoms with E-state index in [-0.39, 0.29) is 34.5 Å². The summed E-state index contributed by atoms with van der Waals surface area (Å²) in [6, 6.07) is 17.7. The molecule has 4 heterocycles. The summed E-state index contributed by atoms with van der Waals surface area (Å²) in [4.78, 5) is 16.2. The summed E-state index contributed by atoms with van der Waals surface area (Å²) in [5, 5.41) is 0.679. The standard InChI is InChI=1S/C30H40ClN2O3.BrH/c1-29(2)21-32(22-29)30(3,24-10-12-25(31)13-11-24)28(34)36-27-20-33(17-14-23(27)15-18-33)16-7-19-35-26-8-5-4-6-9-26;/h4-6,8-13,23,27H,7,14-22H2,1-3H3;1H/q+1;/p-1/t23?,27-,30?,33?;/m0./s1. The van der Waals surface area contributed by atoms with Crippen molar-refractivity contribution in [3.63, 3.8) is 0 Å². The summed E-state index contributed by atoms with van der Waals surface area (Å²) in [7, 11) is 0. The second-order valence-electron chi connectivity index (χ2n) is 12.1. The molecule has 37 heavy (non-hydrogen) atoms. The highest BCUT2D eigenvalue weighted by atomic mass is 79.9. The van der Waals surface area contributed by atoms with Gasteiger partial charge in [0.1, 0.15) is 17.8 Å². The molecule has 2 aromatic carbocycles. The normalized spacial score (nSPS) is 27.9. The molecule has 0 aliphatic carbocycles. The smallest absolute Gasteiger partial charge is 0.331 e. The number of halogens is 2. The van der Waals surface area contributed by atoms with Gasteiger partial charge < -0.3 is 30.9 Å². The fourth-order valence-corrected chi connectivity index (χ4v) is 6.66. The van der Waals surface area contributed by atoms with Gasteiger partial charge in [0.2, 0.25) is 0 Å². The fraction of sp³-hybridized carbons (Fsp3) is 0.567. The number of piperidine rings is 3. The van der Waals surface area contributed by atoms with Crippen LogP contribution >= 0.6 is 11.6 Å². The van der Waals surface area contributed by atoms with Crippen LogP contribution in [-0.2, 0) is 15.1 Å². The highest BCUT2D eigenvalue weighted by Crippen LogP contribution is 2.43. The predicted molar refractivity (Wildman–Crippen MR) is 143 cm³/mol. The van der Waals surface area contributed by atoms with Crippen molar-refractivity contribution < 1.29 is 35.7 Å². The Balaban J connectivity index is 0.00000320. The topological polar surface area (TPSA) is 38.8 Å². The van der Waals surface area contributed by atoms with Crippen LogP contribution in [-0.4, -0.2) is 67.3 Å². The lowest BCUT2D eigenvalue weighted by Gasteiger charge is -2.55. The molecule has 7 heteroatoms. The molecule has 0 saturated carbocycles. The molecular weight excluding hydrogens is 552 g/mol. The molecule has 6 rings (SSSR count). The first-order valence-corrected chi connectivity index (χ1v) is 13.8. The minimum Gasteiger partial charge on any atom is -1.00 e. The molecule has 4 fully saturated rings. The van der Waals surface area contributed by atoms with E-state index < -0.39 is 5.54 Å². The van der Waals surface area contributed by atoms with Crippen molar-refractivity contribution >= 4 is 17.6 Å². The average Bonchev–Trinajstić information content (AvgIpc) is 2.86. The second kappa shape index (κ2) is 11.3. The summed E-state index contributed by atoms with van der Waals surface area (Å²) < 4.78 is 13.4. The molecule has 0 aromatic heterocycles. The van der Waals surface area contributed by atoms with Crippen molar-refractivity contribution in [2.45, 2.75) is 51.7 Å². The molecular formula is C30H40BrClN2O3. The number of hydrogen-bond donors (Lipinski definition) is 0. The first kappa shape index (κ1) is 28.4. The summed E-state index contributed by atoms with van der Waals surface area (Å²) >= 11 is 6.17. The molecule has 1 unspecified atom stereocenters. The molecule has 5 nitrogen and oxygen atoms in total. The predicted octanol–water partition coefficient (Wildman–Crippen LogP) is 2.52. The minimum absolute atomic E-state index is 0. The highest BCUT2D eigenvalue weighted by Gasteiger charge is 2.53. The fourth-order valence-electron chi connectivity index (χ4n) is 6.54. The average molecular weight is 592 g/mol. The first-order chi connectivity index (χ1) is 17.2. The van der Waals surface area contributed by atoms with Crippen LogP contribution in [0, 0.1) is 11.3 Å². The molecule has 2 aromatic rings. The van der Waals surface area contributed by atoms with Gasteiger partial charge in [-0.25, -0.2) is 4.79 Å². The molecule has 0 amide bonds. The van der Waals surface area contributed by atoms with E-state index in [1.165, 1.54) is 13.1 Å². The minimum atomic E-state index is -0.805. The van der Waals surface area contributed by atoms with Crippen molar-refractivity contribution in [1.82, 2.24) is 4.90 Å². The number of para-hydroxylation sites is 1. The molecule has 0 N–H and O–H groups in total. The lowest BCUT2D eigenvalue weighted by molar-refractivity contribution is -0.946. The second-order valence-corrected chi connectivity index (χ2v) is 12.5. The van der Waals surface area contributed by atoms with Crippen LogP contribution in [0.2, 0.25) is 5.02 Å². The number of ether oxygens (including phenoxy) is 2. The van der Waals surface area contributed by atoms with Gasteiger partial charge in [-0.3, -0.25) is 4.90 Å². The number of esters is 1. The highest BCUT2D eigenvalue weighted by molar-refractivity contribution is 6.30. The third kappa shape index (κ3) is 6.03. The van der Waals surface area contributed by atoms with Gasteiger partial charge in [0.25, 0.3) is 0 Å². The van der Waals surface area contributed by atoms with Gasteiger partial charge in [0.05, 0.1) is 26.2 Å². The van der Waals surface area contributed by atoms with Crippen LogP contribution in [0.15, 0.2) is 54.6 Å².